The topological polar surface area (TPSA) is 65.0 Å². The molecule has 206 valence electrons. The molecular formula is C31H40ClO5P. The number of aryl methyl sites for hydroxylation is 2. The Morgan fingerprint density at radius 1 is 1.26 bits per heavy atom. The molecule has 0 spiro atoms. The SMILES string of the molecule is C=C(/C=C\C=C(/C)Cl)[C@@H]1CC(C)(C)O[P@](=O)(COc2cc(C)c(Cc3ccc(O)c(C(C)C)c3)c(C)c2)O1. The highest BCUT2D eigenvalue weighted by Crippen LogP contribution is 2.58. The first-order chi connectivity index (χ1) is 17.7. The minimum absolute atomic E-state index is 0.196. The second-order valence-corrected chi connectivity index (χ2v) is 13.5. The first-order valence-electron chi connectivity index (χ1n) is 12.9. The predicted octanol–water partition coefficient (Wildman–Crippen LogP) is 9.09. The summed E-state index contributed by atoms with van der Waals surface area (Å²) in [6.45, 7) is 17.9. The van der Waals surface area contributed by atoms with Crippen LogP contribution in [0.1, 0.15) is 74.8 Å². The van der Waals surface area contributed by atoms with Gasteiger partial charge in [-0.1, -0.05) is 56.3 Å². The van der Waals surface area contributed by atoms with Crippen molar-refractivity contribution in [2.45, 2.75) is 78.9 Å². The maximum absolute atomic E-state index is 13.6. The zero-order valence-corrected chi connectivity index (χ0v) is 25.2. The number of phenolic OH excluding ortho intramolecular Hbond substituents is 1. The number of rotatable bonds is 9. The van der Waals surface area contributed by atoms with Crippen molar-refractivity contribution in [1.82, 2.24) is 0 Å². The molecule has 0 aromatic heterocycles. The largest absolute Gasteiger partial charge is 0.508 e. The van der Waals surface area contributed by atoms with Gasteiger partial charge in [-0.15, -0.1) is 0 Å². The van der Waals surface area contributed by atoms with Crippen molar-refractivity contribution in [3.05, 3.63) is 93.6 Å². The van der Waals surface area contributed by atoms with Crippen molar-refractivity contribution in [2.24, 2.45) is 0 Å². The molecule has 0 unspecified atom stereocenters. The molecule has 0 radical (unpaired) electrons. The van der Waals surface area contributed by atoms with Crippen LogP contribution in [0.3, 0.4) is 0 Å². The Morgan fingerprint density at radius 2 is 1.92 bits per heavy atom. The van der Waals surface area contributed by atoms with E-state index in [-0.39, 0.29) is 12.3 Å². The third-order valence-corrected chi connectivity index (χ3v) is 8.47. The van der Waals surface area contributed by atoms with Crippen molar-refractivity contribution in [2.75, 3.05) is 6.35 Å². The number of ether oxygens (including phenoxy) is 1. The summed E-state index contributed by atoms with van der Waals surface area (Å²) in [7, 11) is -3.56. The van der Waals surface area contributed by atoms with Crippen LogP contribution in [-0.4, -0.2) is 23.2 Å². The van der Waals surface area contributed by atoms with Crippen LogP contribution in [0.4, 0.5) is 0 Å². The summed E-state index contributed by atoms with van der Waals surface area (Å²) in [5, 5.41) is 10.8. The van der Waals surface area contributed by atoms with Gasteiger partial charge in [-0.3, -0.25) is 13.6 Å². The van der Waals surface area contributed by atoms with E-state index in [4.69, 9.17) is 25.4 Å². The van der Waals surface area contributed by atoms with E-state index < -0.39 is 19.3 Å². The minimum Gasteiger partial charge on any atom is -0.508 e. The Hall–Kier alpha value is -2.30. The molecule has 1 N–H and O–H groups in total. The zero-order valence-electron chi connectivity index (χ0n) is 23.5. The van der Waals surface area contributed by atoms with E-state index in [2.05, 4.69) is 26.5 Å². The van der Waals surface area contributed by atoms with Gasteiger partial charge in [-0.25, -0.2) is 0 Å². The van der Waals surface area contributed by atoms with Gasteiger partial charge in [0.1, 0.15) is 11.5 Å². The molecule has 1 aliphatic heterocycles. The fourth-order valence-electron chi connectivity index (χ4n) is 4.63. The van der Waals surface area contributed by atoms with E-state index in [1.54, 1.807) is 25.1 Å². The van der Waals surface area contributed by atoms with Crippen molar-refractivity contribution < 1.29 is 23.5 Å². The Kier molecular flexibility index (Phi) is 9.76. The lowest BCUT2D eigenvalue weighted by atomic mass is 9.93. The maximum Gasteiger partial charge on any atom is 0.368 e. The van der Waals surface area contributed by atoms with Gasteiger partial charge in [-0.05, 0) is 105 Å². The molecule has 1 fully saturated rings. The van der Waals surface area contributed by atoms with E-state index in [9.17, 15) is 9.67 Å². The maximum atomic E-state index is 13.6. The van der Waals surface area contributed by atoms with Crippen LogP contribution in [0.15, 0.2) is 65.7 Å². The minimum atomic E-state index is -3.56. The van der Waals surface area contributed by atoms with Crippen molar-refractivity contribution >= 4 is 19.2 Å². The van der Waals surface area contributed by atoms with E-state index in [0.717, 1.165) is 28.7 Å². The Balaban J connectivity index is 1.74. The van der Waals surface area contributed by atoms with E-state index in [0.29, 0.717) is 28.5 Å². The van der Waals surface area contributed by atoms with Crippen LogP contribution in [0, 0.1) is 13.8 Å². The molecule has 1 heterocycles. The number of benzene rings is 2. The summed E-state index contributed by atoms with van der Waals surface area (Å²) < 4.78 is 31.5. The standard InChI is InChI=1S/C31H40ClO5P/c1-20(2)27-16-25(12-13-29(27)33)17-28-22(4)14-26(15-23(28)5)35-19-38(34)36-30(18-31(7,8)37-38)21(3)10-9-11-24(6)32/h9-16,20,30,33H,3,17-19H2,1-2,4-8H3/b10-9-,24-11+/t30-,38-/m0/s1. The average molecular weight is 559 g/mol. The number of hydrogen-bond donors (Lipinski definition) is 1. The second-order valence-electron chi connectivity index (χ2n) is 11.0. The van der Waals surface area contributed by atoms with Crippen molar-refractivity contribution in [3.8, 4) is 11.5 Å². The lowest BCUT2D eigenvalue weighted by Gasteiger charge is -2.40. The Labute approximate surface area is 232 Å². The number of phenols is 1. The monoisotopic (exact) mass is 558 g/mol. The van der Waals surface area contributed by atoms with E-state index in [1.807, 2.05) is 52.0 Å². The molecule has 0 amide bonds. The summed E-state index contributed by atoms with van der Waals surface area (Å²) in [5.41, 5.74) is 5.45. The zero-order chi connectivity index (χ0) is 28.3. The van der Waals surface area contributed by atoms with Gasteiger partial charge < -0.3 is 9.84 Å². The molecule has 38 heavy (non-hydrogen) atoms. The van der Waals surface area contributed by atoms with Gasteiger partial charge in [0.15, 0.2) is 6.35 Å². The lowest BCUT2D eigenvalue weighted by molar-refractivity contribution is -0.0116. The molecule has 7 heteroatoms. The highest BCUT2D eigenvalue weighted by atomic mass is 35.5. The molecule has 3 rings (SSSR count). The molecule has 2 aromatic rings. The second kappa shape index (κ2) is 12.3. The van der Waals surface area contributed by atoms with Crippen LogP contribution in [-0.2, 0) is 20.0 Å². The summed E-state index contributed by atoms with van der Waals surface area (Å²) in [6, 6.07) is 9.70. The molecule has 2 atom stereocenters. The third kappa shape index (κ3) is 8.10. The molecule has 0 bridgehead atoms. The highest BCUT2D eigenvalue weighted by Gasteiger charge is 2.44. The normalized spacial score (nSPS) is 21.7. The van der Waals surface area contributed by atoms with E-state index in [1.165, 1.54) is 5.56 Å². The molecule has 5 nitrogen and oxygen atoms in total. The fourth-order valence-corrected chi connectivity index (χ4v) is 6.59. The predicted molar refractivity (Wildman–Crippen MR) is 157 cm³/mol. The highest BCUT2D eigenvalue weighted by molar-refractivity contribution is 7.53. The van der Waals surface area contributed by atoms with E-state index >= 15 is 0 Å². The van der Waals surface area contributed by atoms with Crippen LogP contribution >= 0.6 is 19.2 Å². The lowest BCUT2D eigenvalue weighted by Crippen LogP contribution is -2.37. The van der Waals surface area contributed by atoms with Crippen molar-refractivity contribution in [1.29, 1.82) is 0 Å². The van der Waals surface area contributed by atoms with Gasteiger partial charge >= 0.3 is 7.60 Å². The first kappa shape index (κ1) is 30.2. The van der Waals surface area contributed by atoms with Gasteiger partial charge in [0.2, 0.25) is 0 Å². The first-order valence-corrected chi connectivity index (χ1v) is 15.0. The summed E-state index contributed by atoms with van der Waals surface area (Å²) in [5.74, 6) is 1.18. The number of aromatic hydroxyl groups is 1. The molecule has 0 saturated carbocycles. The number of halogens is 1. The van der Waals surface area contributed by atoms with Crippen LogP contribution in [0.25, 0.3) is 0 Å². The van der Waals surface area contributed by atoms with Gasteiger partial charge in [0.05, 0.1) is 11.7 Å². The Morgan fingerprint density at radius 3 is 2.53 bits per heavy atom. The average Bonchev–Trinajstić information content (AvgIpc) is 2.79. The molecular weight excluding hydrogens is 519 g/mol. The smallest absolute Gasteiger partial charge is 0.368 e. The number of hydrogen-bond acceptors (Lipinski definition) is 5. The van der Waals surface area contributed by atoms with Crippen LogP contribution in [0.2, 0.25) is 0 Å². The summed E-state index contributed by atoms with van der Waals surface area (Å²) >= 11 is 5.89. The molecule has 1 saturated heterocycles. The molecule has 1 aliphatic rings. The van der Waals surface area contributed by atoms with Crippen LogP contribution in [0.5, 0.6) is 11.5 Å². The quantitative estimate of drug-likeness (QED) is 0.245. The summed E-state index contributed by atoms with van der Waals surface area (Å²) in [4.78, 5) is 0. The van der Waals surface area contributed by atoms with Crippen molar-refractivity contribution in [3.63, 3.8) is 0 Å². The number of allylic oxidation sites excluding steroid dienone is 3. The molecule has 0 aliphatic carbocycles. The summed E-state index contributed by atoms with van der Waals surface area (Å²) in [6.07, 6.45) is 5.98. The molecule has 2 aromatic carbocycles. The van der Waals surface area contributed by atoms with Gasteiger partial charge in [0.25, 0.3) is 0 Å². The van der Waals surface area contributed by atoms with Gasteiger partial charge in [-0.2, -0.15) is 0 Å². The van der Waals surface area contributed by atoms with Gasteiger partial charge in [0, 0.05) is 11.5 Å². The third-order valence-electron chi connectivity index (χ3n) is 6.55. The Bertz CT molecular complexity index is 1260. The fraction of sp³-hybridized carbons (Fsp3) is 0.419. The van der Waals surface area contributed by atoms with Crippen LogP contribution < -0.4 is 4.74 Å².